The van der Waals surface area contributed by atoms with Gasteiger partial charge in [0, 0.05) is 17.7 Å². The maximum atomic E-state index is 13.6. The smallest absolute Gasteiger partial charge is 0.338 e. The third-order valence-corrected chi connectivity index (χ3v) is 8.30. The molecule has 6 rings (SSSR count). The normalized spacial score (nSPS) is 25.0. The fourth-order valence-electron chi connectivity index (χ4n) is 6.66. The summed E-state index contributed by atoms with van der Waals surface area (Å²) in [5, 5.41) is 11.0. The van der Waals surface area contributed by atoms with Crippen molar-refractivity contribution in [2.75, 3.05) is 11.5 Å². The van der Waals surface area contributed by atoms with Gasteiger partial charge < -0.3 is 4.74 Å². The highest BCUT2D eigenvalue weighted by Crippen LogP contribution is 2.61. The van der Waals surface area contributed by atoms with E-state index in [1.165, 1.54) is 40.8 Å². The number of ketones is 1. The number of ether oxygens (including phenoxy) is 1. The monoisotopic (exact) mass is 524 g/mol. The fraction of sp³-hybridized carbons (Fsp3) is 0.267. The van der Waals surface area contributed by atoms with Crippen LogP contribution in [0.3, 0.4) is 0 Å². The predicted molar refractivity (Wildman–Crippen MR) is 139 cm³/mol. The molecule has 0 spiro atoms. The van der Waals surface area contributed by atoms with Gasteiger partial charge in [-0.05, 0) is 54.4 Å². The van der Waals surface area contributed by atoms with Crippen LogP contribution in [0.4, 0.5) is 11.4 Å². The zero-order chi connectivity index (χ0) is 27.3. The van der Waals surface area contributed by atoms with Crippen LogP contribution in [0.5, 0.6) is 0 Å². The molecule has 3 aromatic carbocycles. The zero-order valence-electron chi connectivity index (χ0n) is 20.8. The Morgan fingerprint density at radius 3 is 2.36 bits per heavy atom. The number of nitro benzene ring substituents is 1. The molecule has 196 valence electrons. The third-order valence-electron chi connectivity index (χ3n) is 8.30. The number of hydrogen-bond donors (Lipinski definition) is 0. The van der Waals surface area contributed by atoms with E-state index in [4.69, 9.17) is 4.74 Å². The lowest BCUT2D eigenvalue weighted by atomic mass is 9.73. The Kier molecular flexibility index (Phi) is 6.06. The molecule has 3 aliphatic rings. The van der Waals surface area contributed by atoms with Gasteiger partial charge in [0.05, 0.1) is 28.0 Å². The van der Waals surface area contributed by atoms with Crippen molar-refractivity contribution in [3.05, 3.63) is 106 Å². The molecule has 0 aromatic heterocycles. The van der Waals surface area contributed by atoms with Gasteiger partial charge in [-0.2, -0.15) is 0 Å². The number of benzene rings is 3. The minimum absolute atomic E-state index is 0.0500. The number of imide groups is 1. The van der Waals surface area contributed by atoms with Crippen LogP contribution in [0.2, 0.25) is 0 Å². The molecule has 1 saturated heterocycles. The first-order valence-electron chi connectivity index (χ1n) is 12.8. The van der Waals surface area contributed by atoms with E-state index in [-0.39, 0.29) is 58.2 Å². The van der Waals surface area contributed by atoms with Crippen molar-refractivity contribution >= 4 is 34.9 Å². The highest BCUT2D eigenvalue weighted by atomic mass is 16.6. The summed E-state index contributed by atoms with van der Waals surface area (Å²) in [4.78, 5) is 63.7. The summed E-state index contributed by atoms with van der Waals surface area (Å²) in [6.07, 6.45) is 1.75. The molecule has 2 aliphatic carbocycles. The molecule has 2 saturated carbocycles. The quantitative estimate of drug-likeness (QED) is 0.146. The summed E-state index contributed by atoms with van der Waals surface area (Å²) >= 11 is 0. The third kappa shape index (κ3) is 4.20. The van der Waals surface area contributed by atoms with Gasteiger partial charge >= 0.3 is 5.97 Å². The number of anilines is 1. The minimum atomic E-state index is -0.806. The summed E-state index contributed by atoms with van der Waals surface area (Å²) < 4.78 is 5.15. The Morgan fingerprint density at radius 2 is 1.59 bits per heavy atom. The van der Waals surface area contributed by atoms with E-state index >= 15 is 0 Å². The van der Waals surface area contributed by atoms with Crippen molar-refractivity contribution in [1.82, 2.24) is 0 Å². The number of amides is 2. The van der Waals surface area contributed by atoms with Crippen LogP contribution >= 0.6 is 0 Å². The number of esters is 1. The largest absolute Gasteiger partial charge is 0.454 e. The van der Waals surface area contributed by atoms with Crippen LogP contribution in [0, 0.1) is 33.8 Å². The van der Waals surface area contributed by atoms with Gasteiger partial charge in [0.15, 0.2) is 6.61 Å². The Hall–Kier alpha value is -4.66. The van der Waals surface area contributed by atoms with Gasteiger partial charge in [-0.3, -0.25) is 29.4 Å². The predicted octanol–water partition coefficient (Wildman–Crippen LogP) is 4.56. The van der Waals surface area contributed by atoms with E-state index in [2.05, 4.69) is 12.1 Å². The van der Waals surface area contributed by atoms with Crippen molar-refractivity contribution in [1.29, 1.82) is 0 Å². The Labute approximate surface area is 223 Å². The minimum Gasteiger partial charge on any atom is -0.454 e. The van der Waals surface area contributed by atoms with Crippen LogP contribution in [0.15, 0.2) is 78.9 Å². The first-order valence-corrected chi connectivity index (χ1v) is 12.8. The molecular formula is C30H24N2O7. The SMILES string of the molecule is O=C(COC(=O)c1cccc(N2C(=O)[C@@H]3[C@@H]4C[C@H]([C@H]3C2=O)[C@H](c2ccccc2)C4)c1)c1cccc([N+](=O)[O-])c1. The van der Waals surface area contributed by atoms with Crippen LogP contribution in [0.25, 0.3) is 0 Å². The zero-order valence-corrected chi connectivity index (χ0v) is 20.8. The second-order valence-corrected chi connectivity index (χ2v) is 10.3. The number of Topliss-reactive ketones (excluding diaryl/α,β-unsaturated/α-hetero) is 1. The molecule has 39 heavy (non-hydrogen) atoms. The Bertz CT molecular complexity index is 1520. The number of nitrogens with zero attached hydrogens (tertiary/aromatic N) is 2. The van der Waals surface area contributed by atoms with Crippen molar-refractivity contribution in [2.24, 2.45) is 23.7 Å². The highest BCUT2D eigenvalue weighted by molar-refractivity contribution is 6.23. The van der Waals surface area contributed by atoms with Crippen LogP contribution < -0.4 is 4.90 Å². The number of fused-ring (bicyclic) bond motifs is 5. The Morgan fingerprint density at radius 1 is 0.872 bits per heavy atom. The lowest BCUT2D eigenvalue weighted by Crippen LogP contribution is -2.33. The fourth-order valence-corrected chi connectivity index (χ4v) is 6.66. The average Bonchev–Trinajstić information content (AvgIpc) is 3.63. The number of hydrogen-bond acceptors (Lipinski definition) is 7. The van der Waals surface area contributed by atoms with E-state index in [1.54, 1.807) is 12.1 Å². The van der Waals surface area contributed by atoms with Crippen LogP contribution in [-0.4, -0.2) is 35.1 Å². The molecule has 2 bridgehead atoms. The van der Waals surface area contributed by atoms with Crippen molar-refractivity contribution < 1.29 is 28.8 Å². The van der Waals surface area contributed by atoms with Gasteiger partial charge in [0.1, 0.15) is 0 Å². The highest BCUT2D eigenvalue weighted by Gasteiger charge is 2.64. The molecule has 1 heterocycles. The summed E-state index contributed by atoms with van der Waals surface area (Å²) in [7, 11) is 0. The van der Waals surface area contributed by atoms with Gasteiger partial charge in [-0.15, -0.1) is 0 Å². The molecule has 9 heteroatoms. The standard InChI is InChI=1S/C30H24N2O7/c33-25(18-8-4-11-22(12-18)32(37)38)16-39-30(36)19-9-5-10-21(13-19)31-28(34)26-20-14-23(17-6-2-1-3-7-17)24(15-20)27(26)29(31)35/h1-13,20,23-24,26-27H,14-16H2/t20-,23-,24-,26+,27+/m0/s1. The maximum Gasteiger partial charge on any atom is 0.338 e. The molecule has 3 aromatic rings. The van der Waals surface area contributed by atoms with Crippen LogP contribution in [-0.2, 0) is 14.3 Å². The van der Waals surface area contributed by atoms with Gasteiger partial charge in [0.25, 0.3) is 5.69 Å². The average molecular weight is 525 g/mol. The number of carbonyl (C=O) groups is 4. The molecular weight excluding hydrogens is 500 g/mol. The van der Waals surface area contributed by atoms with E-state index < -0.39 is 23.3 Å². The molecule has 0 N–H and O–H groups in total. The number of nitro groups is 1. The second kappa shape index (κ2) is 9.58. The summed E-state index contributed by atoms with van der Waals surface area (Å²) in [5.41, 5.74) is 1.39. The summed E-state index contributed by atoms with van der Waals surface area (Å²) in [5.74, 6) is -2.06. The van der Waals surface area contributed by atoms with Gasteiger partial charge in [0.2, 0.25) is 17.6 Å². The van der Waals surface area contributed by atoms with Crippen molar-refractivity contribution in [3.63, 3.8) is 0 Å². The molecule has 9 nitrogen and oxygen atoms in total. The summed E-state index contributed by atoms with van der Waals surface area (Å²) in [6, 6.07) is 21.4. The molecule has 0 unspecified atom stereocenters. The first-order chi connectivity index (χ1) is 18.8. The molecule has 1 aliphatic heterocycles. The van der Waals surface area contributed by atoms with E-state index in [1.807, 2.05) is 18.2 Å². The number of non-ortho nitro benzene ring substituents is 1. The van der Waals surface area contributed by atoms with E-state index in [0.29, 0.717) is 5.69 Å². The van der Waals surface area contributed by atoms with Crippen molar-refractivity contribution in [2.45, 2.75) is 18.8 Å². The summed E-state index contributed by atoms with van der Waals surface area (Å²) in [6.45, 7) is -0.611. The molecule has 2 amide bonds. The van der Waals surface area contributed by atoms with Crippen LogP contribution in [0.1, 0.15) is 45.0 Å². The van der Waals surface area contributed by atoms with Gasteiger partial charge in [-0.25, -0.2) is 4.79 Å². The number of carbonyl (C=O) groups excluding carboxylic acids is 4. The first kappa shape index (κ1) is 24.7. The number of rotatable bonds is 7. The molecule has 0 radical (unpaired) electrons. The van der Waals surface area contributed by atoms with Crippen molar-refractivity contribution in [3.8, 4) is 0 Å². The second-order valence-electron chi connectivity index (χ2n) is 10.3. The van der Waals surface area contributed by atoms with E-state index in [0.717, 1.165) is 18.9 Å². The topological polar surface area (TPSA) is 124 Å². The lowest BCUT2D eigenvalue weighted by molar-refractivity contribution is -0.384. The van der Waals surface area contributed by atoms with E-state index in [9.17, 15) is 29.3 Å². The molecule has 5 atom stereocenters. The molecule has 3 fully saturated rings. The Balaban J connectivity index is 1.16. The lowest BCUT2D eigenvalue weighted by Gasteiger charge is -2.28. The maximum absolute atomic E-state index is 13.6. The van der Waals surface area contributed by atoms with Gasteiger partial charge in [-0.1, -0.05) is 48.5 Å².